The van der Waals surface area contributed by atoms with E-state index in [2.05, 4.69) is 4.74 Å². The van der Waals surface area contributed by atoms with Crippen LogP contribution in [0.2, 0.25) is 0 Å². The van der Waals surface area contributed by atoms with Crippen molar-refractivity contribution in [2.24, 2.45) is 0 Å². The Balaban J connectivity index is 0.000000240. The highest BCUT2D eigenvalue weighted by Gasteiger charge is 2.38. The van der Waals surface area contributed by atoms with Gasteiger partial charge in [-0.15, -0.1) is 0 Å². The maximum absolute atomic E-state index is 10.5. The number of carbonyl (C=O) groups excluding carboxylic acids is 1. The lowest BCUT2D eigenvalue weighted by Crippen LogP contribution is -2.31. The standard InChI is InChI=1S/C8H6O4.C6H8O6/c9-7(10)5-3-1-2-4-6(5)8(11)12;7-1-2(8)5-3(9)4(10)6(11)12-5/h1-4H,(H,9,10)(H,11,12);2,5,7-10H,1H2/t;2-,5+/m.0/s1. The minimum absolute atomic E-state index is 0.190. The highest BCUT2D eigenvalue weighted by molar-refractivity contribution is 6.01. The maximum atomic E-state index is 10.5. The van der Waals surface area contributed by atoms with Crippen molar-refractivity contribution >= 4 is 17.9 Å². The van der Waals surface area contributed by atoms with E-state index in [1.807, 2.05) is 0 Å². The van der Waals surface area contributed by atoms with Crippen molar-refractivity contribution in [3.8, 4) is 0 Å². The molecule has 0 bridgehead atoms. The van der Waals surface area contributed by atoms with Crippen LogP contribution in [-0.2, 0) is 9.53 Å². The molecule has 1 aliphatic rings. The summed E-state index contributed by atoms with van der Waals surface area (Å²) >= 11 is 0. The summed E-state index contributed by atoms with van der Waals surface area (Å²) in [7, 11) is 0. The number of aromatic carboxylic acids is 2. The summed E-state index contributed by atoms with van der Waals surface area (Å²) in [5.41, 5.74) is -0.380. The van der Waals surface area contributed by atoms with Crippen LogP contribution in [0, 0.1) is 0 Å². The van der Waals surface area contributed by atoms with E-state index in [-0.39, 0.29) is 11.1 Å². The van der Waals surface area contributed by atoms with Crippen LogP contribution in [0.1, 0.15) is 20.7 Å². The van der Waals surface area contributed by atoms with Crippen LogP contribution in [0.3, 0.4) is 0 Å². The number of aliphatic hydroxyl groups excluding tert-OH is 4. The Morgan fingerprint density at radius 3 is 1.83 bits per heavy atom. The summed E-state index contributed by atoms with van der Waals surface area (Å²) in [5, 5.41) is 52.1. The zero-order chi connectivity index (χ0) is 18.4. The number of carbonyl (C=O) groups is 3. The molecule has 2 rings (SSSR count). The molecule has 1 aromatic carbocycles. The van der Waals surface area contributed by atoms with Gasteiger partial charge in [0.15, 0.2) is 11.9 Å². The van der Waals surface area contributed by atoms with Crippen molar-refractivity contribution in [3.63, 3.8) is 0 Å². The molecule has 1 aliphatic heterocycles. The molecule has 10 nitrogen and oxygen atoms in total. The summed E-state index contributed by atoms with van der Waals surface area (Å²) in [6.45, 7) is -0.671. The van der Waals surface area contributed by atoms with Crippen LogP contribution in [-0.4, -0.2) is 67.4 Å². The van der Waals surface area contributed by atoms with Crippen molar-refractivity contribution < 1.29 is 49.8 Å². The quantitative estimate of drug-likeness (QED) is 0.396. The van der Waals surface area contributed by atoms with Crippen LogP contribution in [0.4, 0.5) is 0 Å². The van der Waals surface area contributed by atoms with E-state index in [1.165, 1.54) is 24.3 Å². The zero-order valence-electron chi connectivity index (χ0n) is 12.0. The Hall–Kier alpha value is -3.11. The Morgan fingerprint density at radius 2 is 1.54 bits per heavy atom. The molecular formula is C14H14O10. The molecule has 0 unspecified atom stereocenters. The fourth-order valence-electron chi connectivity index (χ4n) is 1.68. The molecule has 0 spiro atoms. The van der Waals surface area contributed by atoms with Gasteiger partial charge in [0.05, 0.1) is 17.7 Å². The number of cyclic esters (lactones) is 1. The van der Waals surface area contributed by atoms with Gasteiger partial charge in [-0.2, -0.15) is 0 Å². The number of carboxylic acid groups (broad SMARTS) is 2. The van der Waals surface area contributed by atoms with Crippen molar-refractivity contribution in [2.75, 3.05) is 6.61 Å². The van der Waals surface area contributed by atoms with E-state index in [9.17, 15) is 14.4 Å². The number of ether oxygens (including phenoxy) is 1. The van der Waals surface area contributed by atoms with Gasteiger partial charge in [0, 0.05) is 0 Å². The van der Waals surface area contributed by atoms with Gasteiger partial charge in [-0.25, -0.2) is 14.4 Å². The summed E-state index contributed by atoms with van der Waals surface area (Å²) < 4.78 is 4.32. The first-order valence-corrected chi connectivity index (χ1v) is 6.38. The smallest absolute Gasteiger partial charge is 0.377 e. The topological polar surface area (TPSA) is 182 Å². The minimum Gasteiger partial charge on any atom is -0.505 e. The highest BCUT2D eigenvalue weighted by atomic mass is 16.6. The summed E-state index contributed by atoms with van der Waals surface area (Å²) in [6, 6.07) is 5.48. The normalized spacial score (nSPS) is 17.6. The SMILES string of the molecule is O=C(O)c1ccccc1C(=O)O.O=C1O[C@H]([C@@H](O)CO)C(O)=C1O. The van der Waals surface area contributed by atoms with Crippen LogP contribution < -0.4 is 0 Å². The molecular weight excluding hydrogens is 328 g/mol. The molecule has 0 fully saturated rings. The molecule has 130 valence electrons. The maximum Gasteiger partial charge on any atom is 0.377 e. The van der Waals surface area contributed by atoms with Gasteiger partial charge >= 0.3 is 17.9 Å². The second-order valence-electron chi connectivity index (χ2n) is 4.47. The number of hydrogen-bond acceptors (Lipinski definition) is 8. The Kier molecular flexibility index (Phi) is 6.27. The fraction of sp³-hybridized carbons (Fsp3) is 0.214. The van der Waals surface area contributed by atoms with Crippen LogP contribution in [0.15, 0.2) is 35.8 Å². The first-order chi connectivity index (χ1) is 11.2. The molecule has 0 saturated carbocycles. The Labute approximate surface area is 134 Å². The molecule has 0 amide bonds. The van der Waals surface area contributed by atoms with Crippen LogP contribution >= 0.6 is 0 Å². The minimum atomic E-state index is -1.42. The van der Waals surface area contributed by atoms with E-state index < -0.39 is 48.2 Å². The molecule has 0 saturated heterocycles. The van der Waals surface area contributed by atoms with E-state index in [0.29, 0.717) is 0 Å². The van der Waals surface area contributed by atoms with Gasteiger partial charge in [0.25, 0.3) is 0 Å². The predicted octanol–water partition coefficient (Wildman–Crippen LogP) is -0.324. The molecule has 0 aliphatic carbocycles. The van der Waals surface area contributed by atoms with Crippen LogP contribution in [0.5, 0.6) is 0 Å². The molecule has 24 heavy (non-hydrogen) atoms. The molecule has 6 N–H and O–H groups in total. The third-order valence-electron chi connectivity index (χ3n) is 2.86. The number of rotatable bonds is 4. The fourth-order valence-corrected chi connectivity index (χ4v) is 1.68. The largest absolute Gasteiger partial charge is 0.505 e. The van der Waals surface area contributed by atoms with Crippen molar-refractivity contribution in [1.29, 1.82) is 0 Å². The third kappa shape index (κ3) is 4.21. The van der Waals surface area contributed by atoms with Gasteiger partial charge in [-0.3, -0.25) is 0 Å². The van der Waals surface area contributed by atoms with E-state index in [4.69, 9.17) is 30.6 Å². The molecule has 0 aromatic heterocycles. The van der Waals surface area contributed by atoms with E-state index in [1.54, 1.807) is 0 Å². The number of esters is 1. The lowest BCUT2D eigenvalue weighted by Gasteiger charge is -2.13. The highest BCUT2D eigenvalue weighted by Crippen LogP contribution is 2.20. The summed E-state index contributed by atoms with van der Waals surface area (Å²) in [5.74, 6) is -5.24. The Bertz CT molecular complexity index is 645. The van der Waals surface area contributed by atoms with Gasteiger partial charge in [-0.1, -0.05) is 12.1 Å². The Morgan fingerprint density at radius 1 is 1.08 bits per heavy atom. The lowest BCUT2D eigenvalue weighted by molar-refractivity contribution is -0.147. The average Bonchev–Trinajstić information content (AvgIpc) is 2.82. The lowest BCUT2D eigenvalue weighted by atomic mass is 10.1. The number of aliphatic hydroxyl groups is 4. The monoisotopic (exact) mass is 342 g/mol. The number of hydrogen-bond donors (Lipinski definition) is 6. The van der Waals surface area contributed by atoms with E-state index >= 15 is 0 Å². The molecule has 0 radical (unpaired) electrons. The number of carboxylic acids is 2. The average molecular weight is 342 g/mol. The first-order valence-electron chi connectivity index (χ1n) is 6.38. The van der Waals surface area contributed by atoms with Gasteiger partial charge in [0.1, 0.15) is 6.10 Å². The van der Waals surface area contributed by atoms with Gasteiger partial charge in [-0.05, 0) is 12.1 Å². The molecule has 1 heterocycles. The third-order valence-corrected chi connectivity index (χ3v) is 2.86. The molecule has 10 heteroatoms. The molecule has 1 aromatic rings. The predicted molar refractivity (Wildman–Crippen MR) is 75.6 cm³/mol. The van der Waals surface area contributed by atoms with E-state index in [0.717, 1.165) is 0 Å². The first kappa shape index (κ1) is 18.9. The van der Waals surface area contributed by atoms with Gasteiger partial charge < -0.3 is 35.4 Å². The summed E-state index contributed by atoms with van der Waals surface area (Å²) in [4.78, 5) is 31.5. The molecule has 2 atom stereocenters. The zero-order valence-corrected chi connectivity index (χ0v) is 12.0. The summed E-state index contributed by atoms with van der Waals surface area (Å²) in [6.07, 6.45) is -2.78. The van der Waals surface area contributed by atoms with Crippen molar-refractivity contribution in [3.05, 3.63) is 46.9 Å². The van der Waals surface area contributed by atoms with Gasteiger partial charge in [0.2, 0.25) is 5.76 Å². The second kappa shape index (κ2) is 7.94. The second-order valence-corrected chi connectivity index (χ2v) is 4.47. The number of benzene rings is 1. The van der Waals surface area contributed by atoms with Crippen molar-refractivity contribution in [2.45, 2.75) is 12.2 Å². The van der Waals surface area contributed by atoms with Crippen LogP contribution in [0.25, 0.3) is 0 Å². The van der Waals surface area contributed by atoms with Crippen molar-refractivity contribution in [1.82, 2.24) is 0 Å².